The maximum absolute atomic E-state index is 5.14. The number of ether oxygens (including phenoxy) is 1. The highest BCUT2D eigenvalue weighted by Gasteiger charge is 2.19. The summed E-state index contributed by atoms with van der Waals surface area (Å²) in [5, 5.41) is 3.55. The molecule has 1 aliphatic rings. The number of hydrogen-bond acceptors (Lipinski definition) is 3. The lowest BCUT2D eigenvalue weighted by Crippen LogP contribution is -2.26. The summed E-state index contributed by atoms with van der Waals surface area (Å²) in [6, 6.07) is 6.43. The van der Waals surface area contributed by atoms with Gasteiger partial charge in [-0.25, -0.2) is 0 Å². The molecule has 0 aromatic carbocycles. The minimum atomic E-state index is 0.553. The molecule has 0 saturated heterocycles. The molecular formula is C14H22N2O. The molecule has 17 heavy (non-hydrogen) atoms. The second-order valence-electron chi connectivity index (χ2n) is 4.93. The van der Waals surface area contributed by atoms with Crippen LogP contribution in [0, 0.1) is 5.92 Å². The predicted octanol–water partition coefficient (Wildman–Crippen LogP) is 3.47. The number of hydrogen-bond donors (Lipinski definition) is 1. The Balaban J connectivity index is 2.02. The Bertz CT molecular complexity index is 354. The predicted molar refractivity (Wildman–Crippen MR) is 70.4 cm³/mol. The van der Waals surface area contributed by atoms with E-state index in [1.807, 2.05) is 18.2 Å². The van der Waals surface area contributed by atoms with Crippen molar-refractivity contribution in [1.82, 2.24) is 4.98 Å². The number of anilines is 1. The van der Waals surface area contributed by atoms with Gasteiger partial charge in [-0.1, -0.05) is 32.3 Å². The fraction of sp³-hybridized carbons (Fsp3) is 0.643. The summed E-state index contributed by atoms with van der Waals surface area (Å²) in [6.45, 7) is 2.34. The van der Waals surface area contributed by atoms with Gasteiger partial charge >= 0.3 is 0 Å². The van der Waals surface area contributed by atoms with Gasteiger partial charge < -0.3 is 10.1 Å². The summed E-state index contributed by atoms with van der Waals surface area (Å²) < 4.78 is 5.14. The van der Waals surface area contributed by atoms with Gasteiger partial charge in [-0.15, -0.1) is 0 Å². The average molecular weight is 234 g/mol. The Labute approximate surface area is 104 Å². The first-order valence-corrected chi connectivity index (χ1v) is 6.57. The van der Waals surface area contributed by atoms with Crippen molar-refractivity contribution in [2.75, 3.05) is 12.4 Å². The van der Waals surface area contributed by atoms with Crippen molar-refractivity contribution in [3.05, 3.63) is 18.2 Å². The van der Waals surface area contributed by atoms with E-state index in [-0.39, 0.29) is 0 Å². The monoisotopic (exact) mass is 234 g/mol. The Morgan fingerprint density at radius 1 is 1.24 bits per heavy atom. The first-order valence-electron chi connectivity index (χ1n) is 6.57. The third-order valence-corrected chi connectivity index (χ3v) is 3.63. The van der Waals surface area contributed by atoms with E-state index in [9.17, 15) is 0 Å². The number of aromatic nitrogens is 1. The van der Waals surface area contributed by atoms with Crippen LogP contribution in [0.5, 0.6) is 5.88 Å². The number of nitrogens with zero attached hydrogens (tertiary/aromatic N) is 1. The smallest absolute Gasteiger partial charge is 0.214 e. The second kappa shape index (κ2) is 5.89. The van der Waals surface area contributed by atoms with Crippen LogP contribution in [0.25, 0.3) is 0 Å². The van der Waals surface area contributed by atoms with Crippen molar-refractivity contribution in [3.63, 3.8) is 0 Å². The lowest BCUT2D eigenvalue weighted by atomic mass is 9.97. The van der Waals surface area contributed by atoms with E-state index in [1.54, 1.807) is 7.11 Å². The van der Waals surface area contributed by atoms with E-state index in [4.69, 9.17) is 4.74 Å². The topological polar surface area (TPSA) is 34.1 Å². The van der Waals surface area contributed by atoms with Gasteiger partial charge in [-0.2, -0.15) is 4.98 Å². The van der Waals surface area contributed by atoms with Gasteiger partial charge in [0.05, 0.1) is 7.11 Å². The van der Waals surface area contributed by atoms with Crippen LogP contribution in [0.1, 0.15) is 39.0 Å². The fourth-order valence-electron chi connectivity index (χ4n) is 2.51. The molecule has 2 unspecified atom stereocenters. The van der Waals surface area contributed by atoms with Crippen molar-refractivity contribution in [3.8, 4) is 5.88 Å². The summed E-state index contributed by atoms with van der Waals surface area (Å²) in [6.07, 6.45) is 6.63. The molecule has 1 aromatic rings. The van der Waals surface area contributed by atoms with E-state index in [2.05, 4.69) is 17.2 Å². The first-order chi connectivity index (χ1) is 8.29. The van der Waals surface area contributed by atoms with Gasteiger partial charge in [0.1, 0.15) is 5.82 Å². The molecule has 0 radical (unpaired) electrons. The normalized spacial score (nSPS) is 25.1. The van der Waals surface area contributed by atoms with Crippen LogP contribution in [-0.2, 0) is 0 Å². The molecule has 0 amide bonds. The van der Waals surface area contributed by atoms with Crippen molar-refractivity contribution >= 4 is 5.82 Å². The minimum Gasteiger partial charge on any atom is -0.481 e. The molecule has 1 N–H and O–H groups in total. The lowest BCUT2D eigenvalue weighted by Gasteiger charge is -2.23. The van der Waals surface area contributed by atoms with Gasteiger partial charge in [0.2, 0.25) is 5.88 Å². The number of nitrogens with one attached hydrogen (secondary N) is 1. The Morgan fingerprint density at radius 3 is 2.88 bits per heavy atom. The molecule has 3 heteroatoms. The summed E-state index contributed by atoms with van der Waals surface area (Å²) in [5.41, 5.74) is 0. The van der Waals surface area contributed by atoms with Crippen molar-refractivity contribution < 1.29 is 4.74 Å². The SMILES string of the molecule is COc1cccc(NC2CCCCCC2C)n1. The lowest BCUT2D eigenvalue weighted by molar-refractivity contribution is 0.397. The highest BCUT2D eigenvalue weighted by Crippen LogP contribution is 2.25. The van der Waals surface area contributed by atoms with E-state index in [0.29, 0.717) is 11.9 Å². The standard InChI is InChI=1S/C14H22N2O/c1-11-7-4-3-5-8-12(11)15-13-9-6-10-14(16-13)17-2/h6,9-12H,3-5,7-8H2,1-2H3,(H,15,16). The molecule has 1 aliphatic carbocycles. The van der Waals surface area contributed by atoms with E-state index in [0.717, 1.165) is 11.7 Å². The van der Waals surface area contributed by atoms with Crippen LogP contribution in [0.2, 0.25) is 0 Å². The van der Waals surface area contributed by atoms with E-state index < -0.39 is 0 Å². The highest BCUT2D eigenvalue weighted by molar-refractivity contribution is 5.38. The summed E-state index contributed by atoms with van der Waals surface area (Å²) in [4.78, 5) is 4.42. The van der Waals surface area contributed by atoms with Crippen LogP contribution >= 0.6 is 0 Å². The van der Waals surface area contributed by atoms with Crippen LogP contribution in [0.4, 0.5) is 5.82 Å². The van der Waals surface area contributed by atoms with Gasteiger partial charge in [-0.3, -0.25) is 0 Å². The Kier molecular flexibility index (Phi) is 4.24. The zero-order valence-corrected chi connectivity index (χ0v) is 10.8. The van der Waals surface area contributed by atoms with Crippen LogP contribution in [-0.4, -0.2) is 18.1 Å². The zero-order valence-electron chi connectivity index (χ0n) is 10.8. The molecule has 94 valence electrons. The summed E-state index contributed by atoms with van der Waals surface area (Å²) >= 11 is 0. The maximum atomic E-state index is 5.14. The Morgan fingerprint density at radius 2 is 2.06 bits per heavy atom. The number of rotatable bonds is 3. The molecular weight excluding hydrogens is 212 g/mol. The average Bonchev–Trinajstić information content (AvgIpc) is 2.55. The van der Waals surface area contributed by atoms with Gasteiger partial charge in [0.25, 0.3) is 0 Å². The molecule has 0 aliphatic heterocycles. The fourth-order valence-corrected chi connectivity index (χ4v) is 2.51. The summed E-state index contributed by atoms with van der Waals surface area (Å²) in [7, 11) is 1.65. The van der Waals surface area contributed by atoms with Crippen LogP contribution in [0.3, 0.4) is 0 Å². The molecule has 3 nitrogen and oxygen atoms in total. The van der Waals surface area contributed by atoms with Crippen molar-refractivity contribution in [2.45, 2.75) is 45.1 Å². The molecule has 1 saturated carbocycles. The highest BCUT2D eigenvalue weighted by atomic mass is 16.5. The largest absolute Gasteiger partial charge is 0.481 e. The van der Waals surface area contributed by atoms with Crippen molar-refractivity contribution in [2.24, 2.45) is 5.92 Å². The molecule has 2 atom stereocenters. The van der Waals surface area contributed by atoms with Crippen LogP contribution < -0.4 is 10.1 Å². The van der Waals surface area contributed by atoms with Gasteiger partial charge in [0.15, 0.2) is 0 Å². The van der Waals surface area contributed by atoms with E-state index >= 15 is 0 Å². The quantitative estimate of drug-likeness (QED) is 0.813. The zero-order chi connectivity index (χ0) is 12.1. The molecule has 1 fully saturated rings. The molecule has 2 rings (SSSR count). The first kappa shape index (κ1) is 12.2. The minimum absolute atomic E-state index is 0.553. The maximum Gasteiger partial charge on any atom is 0.214 e. The molecule has 0 spiro atoms. The van der Waals surface area contributed by atoms with Gasteiger partial charge in [-0.05, 0) is 24.8 Å². The second-order valence-corrected chi connectivity index (χ2v) is 4.93. The molecule has 0 bridgehead atoms. The van der Waals surface area contributed by atoms with Crippen molar-refractivity contribution in [1.29, 1.82) is 0 Å². The molecule has 1 heterocycles. The molecule has 1 aromatic heterocycles. The van der Waals surface area contributed by atoms with E-state index in [1.165, 1.54) is 32.1 Å². The van der Waals surface area contributed by atoms with Crippen LogP contribution in [0.15, 0.2) is 18.2 Å². The third-order valence-electron chi connectivity index (χ3n) is 3.63. The number of pyridine rings is 1. The Hall–Kier alpha value is -1.25. The summed E-state index contributed by atoms with van der Waals surface area (Å²) in [5.74, 6) is 2.34. The third kappa shape index (κ3) is 3.35. The van der Waals surface area contributed by atoms with Gasteiger partial charge in [0, 0.05) is 12.1 Å². The number of methoxy groups -OCH3 is 1.